The molecule has 0 radical (unpaired) electrons. The number of benzene rings is 1. The van der Waals surface area contributed by atoms with Crippen molar-refractivity contribution < 1.29 is 25.8 Å². The summed E-state index contributed by atoms with van der Waals surface area (Å²) in [5.41, 5.74) is -0.955. The summed E-state index contributed by atoms with van der Waals surface area (Å²) < 4.78 is 62.2. The Labute approximate surface area is 84.6 Å². The second kappa shape index (κ2) is 3.73. The highest BCUT2D eigenvalue weighted by atomic mass is 32.2. The zero-order valence-corrected chi connectivity index (χ0v) is 8.39. The summed E-state index contributed by atoms with van der Waals surface area (Å²) in [6, 6.07) is 3.66. The third kappa shape index (κ3) is 3.78. The molecule has 0 saturated carbocycles. The van der Waals surface area contributed by atoms with Crippen molar-refractivity contribution in [3.05, 3.63) is 29.8 Å². The fraction of sp³-hybridized carbons (Fsp3) is 0.250. The van der Waals surface area contributed by atoms with Gasteiger partial charge in [-0.1, -0.05) is 6.07 Å². The van der Waals surface area contributed by atoms with Gasteiger partial charge in [0.1, 0.15) is 5.75 Å². The average molecular weight is 240 g/mol. The fourth-order valence-corrected chi connectivity index (χ4v) is 1.35. The van der Waals surface area contributed by atoms with Crippen molar-refractivity contribution >= 4 is 10.1 Å². The molecule has 0 atom stereocenters. The lowest BCUT2D eigenvalue weighted by Gasteiger charge is -2.08. The van der Waals surface area contributed by atoms with Crippen molar-refractivity contribution in [3.63, 3.8) is 0 Å². The molecule has 0 fully saturated rings. The molecular weight excluding hydrogens is 233 g/mol. The Morgan fingerprint density at radius 3 is 2.33 bits per heavy atom. The van der Waals surface area contributed by atoms with Crippen molar-refractivity contribution in [2.75, 3.05) is 6.26 Å². The summed E-state index contributed by atoms with van der Waals surface area (Å²) in [4.78, 5) is 0. The van der Waals surface area contributed by atoms with Gasteiger partial charge in [0.15, 0.2) is 0 Å². The largest absolute Gasteiger partial charge is 0.416 e. The molecule has 0 saturated heterocycles. The normalized spacial score (nSPS) is 12.5. The molecule has 0 spiro atoms. The summed E-state index contributed by atoms with van der Waals surface area (Å²) in [6.45, 7) is 0. The lowest BCUT2D eigenvalue weighted by Crippen LogP contribution is -2.08. The minimum atomic E-state index is -4.52. The van der Waals surface area contributed by atoms with Crippen LogP contribution in [0.2, 0.25) is 0 Å². The highest BCUT2D eigenvalue weighted by Crippen LogP contribution is 2.31. The summed E-state index contributed by atoms with van der Waals surface area (Å²) in [5.74, 6) is -0.354. The van der Waals surface area contributed by atoms with Gasteiger partial charge in [-0.3, -0.25) is 0 Å². The first kappa shape index (κ1) is 11.8. The van der Waals surface area contributed by atoms with E-state index in [2.05, 4.69) is 4.18 Å². The topological polar surface area (TPSA) is 43.4 Å². The van der Waals surface area contributed by atoms with E-state index in [4.69, 9.17) is 0 Å². The molecule has 0 unspecified atom stereocenters. The zero-order chi connectivity index (χ0) is 11.7. The van der Waals surface area contributed by atoms with E-state index in [-0.39, 0.29) is 5.75 Å². The van der Waals surface area contributed by atoms with Crippen LogP contribution in [0.5, 0.6) is 5.75 Å². The van der Waals surface area contributed by atoms with Crippen LogP contribution in [-0.4, -0.2) is 14.7 Å². The Kier molecular flexibility index (Phi) is 2.94. The van der Waals surface area contributed by atoms with Gasteiger partial charge in [0.05, 0.1) is 11.8 Å². The maximum atomic E-state index is 12.2. The Morgan fingerprint density at radius 2 is 1.87 bits per heavy atom. The standard InChI is InChI=1S/C8H7F3O3S/c1-15(12,13)14-7-4-2-3-6(5-7)8(9,10)11/h2-5H,1H3. The van der Waals surface area contributed by atoms with Gasteiger partial charge in [-0.15, -0.1) is 0 Å². The van der Waals surface area contributed by atoms with Crippen LogP contribution in [-0.2, 0) is 16.3 Å². The average Bonchev–Trinajstić information content (AvgIpc) is 1.99. The summed E-state index contributed by atoms with van der Waals surface area (Å²) in [5, 5.41) is 0. The SMILES string of the molecule is CS(=O)(=O)Oc1cccc(C(F)(F)F)c1. The molecule has 1 rings (SSSR count). The second-order valence-electron chi connectivity index (χ2n) is 2.81. The molecule has 0 aliphatic rings. The number of rotatable bonds is 2. The quantitative estimate of drug-likeness (QED) is 0.743. The second-order valence-corrected chi connectivity index (χ2v) is 4.39. The monoisotopic (exact) mass is 240 g/mol. The third-order valence-corrected chi connectivity index (χ3v) is 1.90. The van der Waals surface area contributed by atoms with Crippen LogP contribution >= 0.6 is 0 Å². The van der Waals surface area contributed by atoms with E-state index in [1.54, 1.807) is 0 Å². The maximum absolute atomic E-state index is 12.2. The molecule has 0 bridgehead atoms. The number of hydrogen-bond acceptors (Lipinski definition) is 3. The summed E-state index contributed by atoms with van der Waals surface area (Å²) >= 11 is 0. The van der Waals surface area contributed by atoms with Crippen molar-refractivity contribution in [1.29, 1.82) is 0 Å². The predicted octanol–water partition coefficient (Wildman–Crippen LogP) is 2.04. The molecule has 0 amide bonds. The smallest absolute Gasteiger partial charge is 0.383 e. The lowest BCUT2D eigenvalue weighted by molar-refractivity contribution is -0.137. The minimum Gasteiger partial charge on any atom is -0.383 e. The van der Waals surface area contributed by atoms with Crippen molar-refractivity contribution in [3.8, 4) is 5.75 Å². The van der Waals surface area contributed by atoms with Gasteiger partial charge < -0.3 is 4.18 Å². The van der Waals surface area contributed by atoms with E-state index < -0.39 is 21.9 Å². The molecular formula is C8H7F3O3S. The van der Waals surface area contributed by atoms with E-state index in [9.17, 15) is 21.6 Å². The lowest BCUT2D eigenvalue weighted by atomic mass is 10.2. The summed E-state index contributed by atoms with van der Waals surface area (Å²) in [7, 11) is -3.81. The molecule has 7 heteroatoms. The summed E-state index contributed by atoms with van der Waals surface area (Å²) in [6.07, 6.45) is -3.76. The Hall–Kier alpha value is -1.24. The van der Waals surface area contributed by atoms with Crippen LogP contribution in [0.15, 0.2) is 24.3 Å². The molecule has 0 N–H and O–H groups in total. The van der Waals surface area contributed by atoms with Gasteiger partial charge >= 0.3 is 16.3 Å². The molecule has 1 aromatic rings. The van der Waals surface area contributed by atoms with Gasteiger partial charge in [-0.25, -0.2) is 0 Å². The van der Waals surface area contributed by atoms with Gasteiger partial charge in [-0.2, -0.15) is 21.6 Å². The Bertz CT molecular complexity index is 450. The Balaban J connectivity index is 3.04. The molecule has 1 aromatic carbocycles. The van der Waals surface area contributed by atoms with Crippen LogP contribution in [0, 0.1) is 0 Å². The van der Waals surface area contributed by atoms with E-state index in [1.165, 1.54) is 0 Å². The van der Waals surface area contributed by atoms with E-state index >= 15 is 0 Å². The molecule has 0 aromatic heterocycles. The third-order valence-electron chi connectivity index (χ3n) is 1.41. The van der Waals surface area contributed by atoms with Gasteiger partial charge in [-0.05, 0) is 18.2 Å². The molecule has 84 valence electrons. The first-order valence-corrected chi connectivity index (χ1v) is 5.57. The predicted molar refractivity (Wildman–Crippen MR) is 46.9 cm³/mol. The molecule has 0 aliphatic carbocycles. The zero-order valence-electron chi connectivity index (χ0n) is 7.58. The molecule has 15 heavy (non-hydrogen) atoms. The first-order chi connectivity index (χ1) is 6.68. The van der Waals surface area contributed by atoms with Crippen LogP contribution in [0.4, 0.5) is 13.2 Å². The number of alkyl halides is 3. The van der Waals surface area contributed by atoms with Crippen LogP contribution in [0.1, 0.15) is 5.56 Å². The van der Waals surface area contributed by atoms with Crippen LogP contribution in [0.25, 0.3) is 0 Å². The van der Waals surface area contributed by atoms with Crippen LogP contribution < -0.4 is 4.18 Å². The minimum absolute atomic E-state index is 0.354. The Morgan fingerprint density at radius 1 is 1.27 bits per heavy atom. The maximum Gasteiger partial charge on any atom is 0.416 e. The van der Waals surface area contributed by atoms with Gasteiger partial charge in [0.2, 0.25) is 0 Å². The van der Waals surface area contributed by atoms with E-state index in [1.807, 2.05) is 0 Å². The van der Waals surface area contributed by atoms with Crippen molar-refractivity contribution in [2.45, 2.75) is 6.18 Å². The fourth-order valence-electron chi connectivity index (χ4n) is 0.899. The van der Waals surface area contributed by atoms with Gasteiger partial charge in [0.25, 0.3) is 0 Å². The first-order valence-electron chi connectivity index (χ1n) is 3.75. The highest BCUT2D eigenvalue weighted by molar-refractivity contribution is 7.86. The molecule has 3 nitrogen and oxygen atoms in total. The number of hydrogen-bond donors (Lipinski definition) is 0. The van der Waals surface area contributed by atoms with Crippen LogP contribution in [0.3, 0.4) is 0 Å². The highest BCUT2D eigenvalue weighted by Gasteiger charge is 2.30. The molecule has 0 aliphatic heterocycles. The van der Waals surface area contributed by atoms with Gasteiger partial charge in [0, 0.05) is 0 Å². The van der Waals surface area contributed by atoms with Crippen molar-refractivity contribution in [2.24, 2.45) is 0 Å². The van der Waals surface area contributed by atoms with E-state index in [0.717, 1.165) is 24.5 Å². The number of halogens is 3. The van der Waals surface area contributed by atoms with Crippen molar-refractivity contribution in [1.82, 2.24) is 0 Å². The van der Waals surface area contributed by atoms with E-state index in [0.29, 0.717) is 6.07 Å². The molecule has 0 heterocycles.